The van der Waals surface area contributed by atoms with Crippen LogP contribution in [0.3, 0.4) is 0 Å². The molecule has 0 amide bonds. The highest BCUT2D eigenvalue weighted by atomic mass is 16.5. The lowest BCUT2D eigenvalue weighted by Crippen LogP contribution is -2.37. The second kappa shape index (κ2) is 10.9. The zero-order chi connectivity index (χ0) is 22.2. The van der Waals surface area contributed by atoms with Gasteiger partial charge in [-0.25, -0.2) is 0 Å². The van der Waals surface area contributed by atoms with E-state index in [-0.39, 0.29) is 17.5 Å². The maximum absolute atomic E-state index is 12.7. The van der Waals surface area contributed by atoms with Crippen molar-refractivity contribution in [2.24, 2.45) is 10.9 Å². The van der Waals surface area contributed by atoms with Gasteiger partial charge in [0.25, 0.3) is 0 Å². The Balaban J connectivity index is 1.62. The van der Waals surface area contributed by atoms with Crippen LogP contribution in [0.15, 0.2) is 53.5 Å². The van der Waals surface area contributed by atoms with Gasteiger partial charge < -0.3 is 9.47 Å². The van der Waals surface area contributed by atoms with E-state index in [2.05, 4.69) is 4.99 Å². The molecule has 0 aliphatic heterocycles. The Labute approximate surface area is 184 Å². The summed E-state index contributed by atoms with van der Waals surface area (Å²) < 4.78 is 11.3. The normalized spacial score (nSPS) is 19.4. The Hall–Kier alpha value is -2.95. The summed E-state index contributed by atoms with van der Waals surface area (Å²) in [6, 6.07) is 15.7. The monoisotopic (exact) mass is 421 g/mol. The first-order chi connectivity index (χ1) is 15.0. The van der Waals surface area contributed by atoms with Crippen molar-refractivity contribution in [3.05, 3.63) is 59.7 Å². The Kier molecular flexibility index (Phi) is 7.99. The molecule has 0 heterocycles. The average molecular weight is 422 g/mol. The van der Waals surface area contributed by atoms with Crippen LogP contribution in [0, 0.1) is 5.92 Å². The van der Waals surface area contributed by atoms with E-state index in [1.165, 1.54) is 0 Å². The van der Waals surface area contributed by atoms with Gasteiger partial charge in [0, 0.05) is 25.1 Å². The molecular formula is C26H31NO4. The van der Waals surface area contributed by atoms with Crippen molar-refractivity contribution in [2.45, 2.75) is 46.0 Å². The molecule has 0 bridgehead atoms. The quantitative estimate of drug-likeness (QED) is 0.430. The lowest BCUT2D eigenvalue weighted by Gasteiger charge is -2.26. The molecule has 0 radical (unpaired) electrons. The summed E-state index contributed by atoms with van der Waals surface area (Å²) >= 11 is 0. The van der Waals surface area contributed by atoms with Crippen molar-refractivity contribution in [1.29, 1.82) is 0 Å². The van der Waals surface area contributed by atoms with Gasteiger partial charge in [-0.2, -0.15) is 0 Å². The molecule has 1 aliphatic rings. The van der Waals surface area contributed by atoms with Crippen molar-refractivity contribution in [1.82, 2.24) is 0 Å². The molecule has 1 fully saturated rings. The number of aliphatic imine (C=N–C) groups is 1. The van der Waals surface area contributed by atoms with Crippen LogP contribution >= 0.6 is 0 Å². The molecule has 1 saturated carbocycles. The summed E-state index contributed by atoms with van der Waals surface area (Å²) in [5.41, 5.74) is 2.75. The van der Waals surface area contributed by atoms with Gasteiger partial charge in [0.15, 0.2) is 11.5 Å². The van der Waals surface area contributed by atoms with Crippen molar-refractivity contribution >= 4 is 17.3 Å². The van der Waals surface area contributed by atoms with Gasteiger partial charge in [-0.3, -0.25) is 14.6 Å². The number of nitrogens with zero attached hydrogens (tertiary/aromatic N) is 1. The van der Waals surface area contributed by atoms with Gasteiger partial charge in [-0.05, 0) is 56.4 Å². The standard InChI is InChI=1S/C26H31NO4/c1-4-30-24-12-11-19(15-25(24)31-5-2)13-14-27-18(3)26-22(28)16-21(17-23(26)29)20-9-7-6-8-10-20/h6-12,15,21,26H,4-5,13-14,16-17H2,1-3H3. The predicted octanol–water partition coefficient (Wildman–Crippen LogP) is 4.82. The molecule has 164 valence electrons. The molecule has 0 saturated heterocycles. The Morgan fingerprint density at radius 2 is 1.58 bits per heavy atom. The molecule has 31 heavy (non-hydrogen) atoms. The minimum atomic E-state index is -0.695. The van der Waals surface area contributed by atoms with Crippen molar-refractivity contribution in [3.63, 3.8) is 0 Å². The zero-order valence-corrected chi connectivity index (χ0v) is 18.6. The molecule has 0 N–H and O–H groups in total. The van der Waals surface area contributed by atoms with Crippen LogP contribution < -0.4 is 9.47 Å². The fourth-order valence-corrected chi connectivity index (χ4v) is 4.10. The number of Topliss-reactive ketones (excluding diaryl/α,β-unsaturated/α-hetero) is 2. The largest absolute Gasteiger partial charge is 0.490 e. The first kappa shape index (κ1) is 22.7. The zero-order valence-electron chi connectivity index (χ0n) is 18.6. The summed E-state index contributed by atoms with van der Waals surface area (Å²) in [6.45, 7) is 7.35. The van der Waals surface area contributed by atoms with E-state index in [0.29, 0.717) is 44.7 Å². The van der Waals surface area contributed by atoms with Crippen LogP contribution in [0.2, 0.25) is 0 Å². The van der Waals surface area contributed by atoms with Crippen LogP contribution in [0.5, 0.6) is 11.5 Å². The molecule has 0 spiro atoms. The highest BCUT2D eigenvalue weighted by Gasteiger charge is 2.37. The molecule has 0 atom stereocenters. The second-order valence-corrected chi connectivity index (χ2v) is 7.80. The van der Waals surface area contributed by atoms with Gasteiger partial charge in [-0.15, -0.1) is 0 Å². The predicted molar refractivity (Wildman–Crippen MR) is 122 cm³/mol. The van der Waals surface area contributed by atoms with Crippen molar-refractivity contribution < 1.29 is 19.1 Å². The Morgan fingerprint density at radius 1 is 0.935 bits per heavy atom. The fraction of sp³-hybridized carbons (Fsp3) is 0.423. The number of ether oxygens (including phenoxy) is 2. The number of hydrogen-bond acceptors (Lipinski definition) is 5. The van der Waals surface area contributed by atoms with Crippen LogP contribution in [0.4, 0.5) is 0 Å². The maximum atomic E-state index is 12.7. The van der Waals surface area contributed by atoms with Crippen LogP contribution in [-0.2, 0) is 16.0 Å². The Bertz CT molecular complexity index is 918. The van der Waals surface area contributed by atoms with E-state index in [1.807, 2.05) is 62.4 Å². The smallest absolute Gasteiger partial charge is 0.161 e. The van der Waals surface area contributed by atoms with Crippen LogP contribution in [0.1, 0.15) is 50.7 Å². The first-order valence-corrected chi connectivity index (χ1v) is 11.0. The van der Waals surface area contributed by atoms with Crippen LogP contribution in [0.25, 0.3) is 0 Å². The summed E-state index contributed by atoms with van der Waals surface area (Å²) in [6.07, 6.45) is 1.49. The number of hydrogen-bond donors (Lipinski definition) is 0. The molecule has 0 aromatic heterocycles. The maximum Gasteiger partial charge on any atom is 0.161 e. The number of carbonyl (C=O) groups is 2. The molecular weight excluding hydrogens is 390 g/mol. The summed E-state index contributed by atoms with van der Waals surface area (Å²) in [7, 11) is 0. The lowest BCUT2D eigenvalue weighted by molar-refractivity contribution is -0.133. The van der Waals surface area contributed by atoms with Gasteiger partial charge in [0.1, 0.15) is 17.5 Å². The highest BCUT2D eigenvalue weighted by molar-refractivity contribution is 6.21. The third-order valence-electron chi connectivity index (χ3n) is 5.60. The third kappa shape index (κ3) is 5.81. The van der Waals surface area contributed by atoms with Crippen molar-refractivity contribution in [3.8, 4) is 11.5 Å². The van der Waals surface area contributed by atoms with Gasteiger partial charge in [-0.1, -0.05) is 36.4 Å². The molecule has 2 aromatic rings. The summed E-state index contributed by atoms with van der Waals surface area (Å²) in [4.78, 5) is 30.1. The van der Waals surface area contributed by atoms with E-state index in [1.54, 1.807) is 6.92 Å². The molecule has 3 rings (SSSR count). The minimum absolute atomic E-state index is 0.0221. The number of benzene rings is 2. The number of rotatable bonds is 9. The summed E-state index contributed by atoms with van der Waals surface area (Å²) in [5.74, 6) is 0.703. The SMILES string of the molecule is CCOc1ccc(CCN=C(C)C2C(=O)CC(c3ccccc3)CC2=O)cc1OCC. The number of ketones is 2. The minimum Gasteiger partial charge on any atom is -0.490 e. The topological polar surface area (TPSA) is 65.0 Å². The van der Waals surface area contributed by atoms with E-state index < -0.39 is 5.92 Å². The second-order valence-electron chi connectivity index (χ2n) is 7.80. The fourth-order valence-electron chi connectivity index (χ4n) is 4.10. The lowest BCUT2D eigenvalue weighted by atomic mass is 9.75. The van der Waals surface area contributed by atoms with Gasteiger partial charge >= 0.3 is 0 Å². The molecule has 2 aromatic carbocycles. The van der Waals surface area contributed by atoms with E-state index in [4.69, 9.17) is 9.47 Å². The molecule has 1 aliphatic carbocycles. The third-order valence-corrected chi connectivity index (χ3v) is 5.60. The van der Waals surface area contributed by atoms with Crippen LogP contribution in [-0.4, -0.2) is 37.0 Å². The summed E-state index contributed by atoms with van der Waals surface area (Å²) in [5, 5.41) is 0. The van der Waals surface area contributed by atoms with Gasteiger partial charge in [0.05, 0.1) is 13.2 Å². The first-order valence-electron chi connectivity index (χ1n) is 11.0. The van der Waals surface area contributed by atoms with Crippen molar-refractivity contribution in [2.75, 3.05) is 19.8 Å². The van der Waals surface area contributed by atoms with E-state index in [0.717, 1.165) is 22.6 Å². The average Bonchev–Trinajstić information content (AvgIpc) is 2.76. The highest BCUT2D eigenvalue weighted by Crippen LogP contribution is 2.32. The van der Waals surface area contributed by atoms with Gasteiger partial charge in [0.2, 0.25) is 0 Å². The van der Waals surface area contributed by atoms with E-state index in [9.17, 15) is 9.59 Å². The Morgan fingerprint density at radius 3 is 2.23 bits per heavy atom. The number of carbonyl (C=O) groups excluding carboxylic acids is 2. The van der Waals surface area contributed by atoms with E-state index >= 15 is 0 Å². The molecule has 0 unspecified atom stereocenters. The molecule has 5 nitrogen and oxygen atoms in total. The molecule has 5 heteroatoms.